The third-order valence-corrected chi connectivity index (χ3v) is 3.80. The fraction of sp³-hybridized carbons (Fsp3) is 0.909. The van der Waals surface area contributed by atoms with Crippen LogP contribution >= 0.6 is 11.8 Å². The van der Waals surface area contributed by atoms with E-state index in [1.54, 1.807) is 11.8 Å². The second-order valence-corrected chi connectivity index (χ2v) is 5.08. The Morgan fingerprint density at radius 1 is 1.60 bits per heavy atom. The molecule has 1 aliphatic heterocycles. The van der Waals surface area contributed by atoms with Crippen molar-refractivity contribution in [2.24, 2.45) is 0 Å². The van der Waals surface area contributed by atoms with E-state index < -0.39 is 0 Å². The Bertz CT molecular complexity index is 199. The van der Waals surface area contributed by atoms with E-state index in [0.29, 0.717) is 5.75 Å². The summed E-state index contributed by atoms with van der Waals surface area (Å²) >= 11 is 1.71. The highest BCUT2D eigenvalue weighted by Crippen LogP contribution is 2.18. The average Bonchev–Trinajstić information content (AvgIpc) is 2.72. The summed E-state index contributed by atoms with van der Waals surface area (Å²) in [5.74, 6) is 1.85. The standard InChI is InChI=1S/C11H21NO2S/c1-2-3-7-15-9-11(14)12-6-4-5-10(12)8-13/h10,13H,2-9H2,1H3/t10-/m1/s1. The van der Waals surface area contributed by atoms with Gasteiger partial charge in [0.15, 0.2) is 0 Å². The minimum absolute atomic E-state index is 0.0873. The molecule has 0 saturated carbocycles. The molecule has 0 spiro atoms. The highest BCUT2D eigenvalue weighted by atomic mass is 32.2. The largest absolute Gasteiger partial charge is 0.394 e. The lowest BCUT2D eigenvalue weighted by Gasteiger charge is -2.22. The molecule has 15 heavy (non-hydrogen) atoms. The van der Waals surface area contributed by atoms with Crippen molar-refractivity contribution in [3.63, 3.8) is 0 Å². The van der Waals surface area contributed by atoms with Crippen molar-refractivity contribution in [3.05, 3.63) is 0 Å². The van der Waals surface area contributed by atoms with Gasteiger partial charge in [-0.1, -0.05) is 13.3 Å². The van der Waals surface area contributed by atoms with E-state index in [0.717, 1.165) is 25.1 Å². The summed E-state index contributed by atoms with van der Waals surface area (Å²) in [5, 5.41) is 9.09. The molecule has 0 aromatic rings. The maximum absolute atomic E-state index is 11.8. The highest BCUT2D eigenvalue weighted by molar-refractivity contribution is 7.99. The molecule has 3 nitrogen and oxygen atoms in total. The van der Waals surface area contributed by atoms with E-state index in [-0.39, 0.29) is 18.6 Å². The zero-order valence-electron chi connectivity index (χ0n) is 9.45. The summed E-state index contributed by atoms with van der Waals surface area (Å²) < 4.78 is 0. The summed E-state index contributed by atoms with van der Waals surface area (Å²) in [6.45, 7) is 3.11. The normalized spacial score (nSPS) is 20.9. The molecule has 1 fully saturated rings. The molecule has 0 aromatic heterocycles. The monoisotopic (exact) mass is 231 g/mol. The molecule has 1 aliphatic rings. The van der Waals surface area contributed by atoms with E-state index in [1.807, 2.05) is 4.90 Å². The zero-order chi connectivity index (χ0) is 11.1. The molecular formula is C11H21NO2S. The molecule has 1 saturated heterocycles. The van der Waals surface area contributed by atoms with Gasteiger partial charge in [-0.2, -0.15) is 11.8 Å². The van der Waals surface area contributed by atoms with Crippen LogP contribution in [0.5, 0.6) is 0 Å². The van der Waals surface area contributed by atoms with Crippen LogP contribution in [0, 0.1) is 0 Å². The van der Waals surface area contributed by atoms with Crippen molar-refractivity contribution in [3.8, 4) is 0 Å². The smallest absolute Gasteiger partial charge is 0.232 e. The Kier molecular flexibility index (Phi) is 6.10. The van der Waals surface area contributed by atoms with Gasteiger partial charge in [-0.05, 0) is 25.0 Å². The second kappa shape index (κ2) is 7.12. The molecule has 88 valence electrons. The van der Waals surface area contributed by atoms with Crippen molar-refractivity contribution in [1.82, 2.24) is 4.90 Å². The summed E-state index contributed by atoms with van der Waals surface area (Å²) in [6.07, 6.45) is 4.37. The maximum Gasteiger partial charge on any atom is 0.232 e. The molecular weight excluding hydrogens is 210 g/mol. The summed E-state index contributed by atoms with van der Waals surface area (Å²) in [6, 6.07) is 0.0873. The number of carbonyl (C=O) groups is 1. The number of rotatable bonds is 6. The van der Waals surface area contributed by atoms with Crippen LogP contribution < -0.4 is 0 Å². The first-order chi connectivity index (χ1) is 7.29. The van der Waals surface area contributed by atoms with Gasteiger partial charge < -0.3 is 10.0 Å². The minimum Gasteiger partial charge on any atom is -0.394 e. The molecule has 1 rings (SSSR count). The number of nitrogens with zero attached hydrogens (tertiary/aromatic N) is 1. The summed E-state index contributed by atoms with van der Waals surface area (Å²) in [5.41, 5.74) is 0. The van der Waals surface area contributed by atoms with Gasteiger partial charge in [-0.25, -0.2) is 0 Å². The van der Waals surface area contributed by atoms with Crippen molar-refractivity contribution in [2.75, 3.05) is 24.7 Å². The van der Waals surface area contributed by atoms with Crippen LogP contribution in [-0.4, -0.2) is 46.6 Å². The van der Waals surface area contributed by atoms with Crippen molar-refractivity contribution in [1.29, 1.82) is 0 Å². The van der Waals surface area contributed by atoms with Gasteiger partial charge in [0.2, 0.25) is 5.91 Å². The number of thioether (sulfide) groups is 1. The number of hydrogen-bond donors (Lipinski definition) is 1. The van der Waals surface area contributed by atoms with Crippen molar-refractivity contribution < 1.29 is 9.90 Å². The van der Waals surface area contributed by atoms with E-state index >= 15 is 0 Å². The quantitative estimate of drug-likeness (QED) is 0.704. The van der Waals surface area contributed by atoms with Crippen LogP contribution in [0.3, 0.4) is 0 Å². The first-order valence-corrected chi connectivity index (χ1v) is 6.93. The van der Waals surface area contributed by atoms with Crippen LogP contribution in [-0.2, 0) is 4.79 Å². The maximum atomic E-state index is 11.8. The Labute approximate surface area is 96.2 Å². The summed E-state index contributed by atoms with van der Waals surface area (Å²) in [7, 11) is 0. The molecule has 0 radical (unpaired) electrons. The zero-order valence-corrected chi connectivity index (χ0v) is 10.3. The van der Waals surface area contributed by atoms with E-state index in [4.69, 9.17) is 5.11 Å². The first-order valence-electron chi connectivity index (χ1n) is 5.77. The van der Waals surface area contributed by atoms with Crippen LogP contribution in [0.1, 0.15) is 32.6 Å². The molecule has 0 unspecified atom stereocenters. The van der Waals surface area contributed by atoms with E-state index in [9.17, 15) is 4.79 Å². The molecule has 1 heterocycles. The molecule has 0 aliphatic carbocycles. The SMILES string of the molecule is CCCCSCC(=O)N1CCC[C@@H]1CO. The molecule has 1 amide bonds. The number of carbonyl (C=O) groups excluding carboxylic acids is 1. The van der Waals surface area contributed by atoms with Gasteiger partial charge in [-0.15, -0.1) is 0 Å². The van der Waals surface area contributed by atoms with Gasteiger partial charge in [0.1, 0.15) is 0 Å². The number of likely N-dealkylation sites (tertiary alicyclic amines) is 1. The Hall–Kier alpha value is -0.220. The Morgan fingerprint density at radius 2 is 2.40 bits per heavy atom. The lowest BCUT2D eigenvalue weighted by atomic mass is 10.2. The summed E-state index contributed by atoms with van der Waals surface area (Å²) in [4.78, 5) is 13.6. The first kappa shape index (κ1) is 12.8. The van der Waals surface area contributed by atoms with Crippen LogP contribution in [0.2, 0.25) is 0 Å². The predicted molar refractivity (Wildman–Crippen MR) is 64.1 cm³/mol. The van der Waals surface area contributed by atoms with Crippen LogP contribution in [0.15, 0.2) is 0 Å². The number of amides is 1. The molecule has 1 N–H and O–H groups in total. The van der Waals surface area contributed by atoms with Crippen molar-refractivity contribution in [2.45, 2.75) is 38.6 Å². The predicted octanol–water partition coefficient (Wildman–Crippen LogP) is 1.50. The topological polar surface area (TPSA) is 40.5 Å². The fourth-order valence-corrected chi connectivity index (χ4v) is 2.82. The van der Waals surface area contributed by atoms with Gasteiger partial charge in [0.05, 0.1) is 18.4 Å². The number of hydrogen-bond acceptors (Lipinski definition) is 3. The molecule has 4 heteroatoms. The van der Waals surface area contributed by atoms with E-state index in [2.05, 4.69) is 6.92 Å². The lowest BCUT2D eigenvalue weighted by molar-refractivity contribution is -0.129. The minimum atomic E-state index is 0.0873. The highest BCUT2D eigenvalue weighted by Gasteiger charge is 2.27. The Morgan fingerprint density at radius 3 is 3.07 bits per heavy atom. The van der Waals surface area contributed by atoms with Gasteiger partial charge in [0.25, 0.3) is 0 Å². The third kappa shape index (κ3) is 4.03. The van der Waals surface area contributed by atoms with Crippen molar-refractivity contribution >= 4 is 17.7 Å². The van der Waals surface area contributed by atoms with Gasteiger partial charge in [0, 0.05) is 6.54 Å². The van der Waals surface area contributed by atoms with E-state index in [1.165, 1.54) is 12.8 Å². The number of aliphatic hydroxyl groups is 1. The van der Waals surface area contributed by atoms with Crippen LogP contribution in [0.4, 0.5) is 0 Å². The van der Waals surface area contributed by atoms with Crippen LogP contribution in [0.25, 0.3) is 0 Å². The number of aliphatic hydroxyl groups excluding tert-OH is 1. The van der Waals surface area contributed by atoms with Gasteiger partial charge >= 0.3 is 0 Å². The number of unbranched alkanes of at least 4 members (excludes halogenated alkanes) is 1. The Balaban J connectivity index is 2.21. The lowest BCUT2D eigenvalue weighted by Crippen LogP contribution is -2.38. The molecule has 1 atom stereocenters. The molecule has 0 bridgehead atoms. The average molecular weight is 231 g/mol. The van der Waals surface area contributed by atoms with Gasteiger partial charge in [-0.3, -0.25) is 4.79 Å². The molecule has 0 aromatic carbocycles. The fourth-order valence-electron chi connectivity index (χ4n) is 1.84. The third-order valence-electron chi connectivity index (χ3n) is 2.78. The second-order valence-electron chi connectivity index (χ2n) is 3.97.